The number of benzene rings is 1. The number of esters is 2. The molecule has 1 aromatic carbocycles. The van der Waals surface area contributed by atoms with Crippen LogP contribution in [-0.4, -0.2) is 46.0 Å². The van der Waals surface area contributed by atoms with Crippen molar-refractivity contribution in [1.29, 1.82) is 0 Å². The van der Waals surface area contributed by atoms with E-state index in [1.165, 1.54) is 20.3 Å². The molecule has 27 heavy (non-hydrogen) atoms. The Hall–Kier alpha value is -3.06. The maximum absolute atomic E-state index is 12.4. The van der Waals surface area contributed by atoms with Gasteiger partial charge in [-0.1, -0.05) is 6.08 Å². The Morgan fingerprint density at radius 1 is 0.963 bits per heavy atom. The molecule has 0 spiro atoms. The van der Waals surface area contributed by atoms with Crippen LogP contribution < -0.4 is 9.64 Å². The number of hydrogen-bond donors (Lipinski definition) is 0. The lowest BCUT2D eigenvalue weighted by molar-refractivity contribution is -0.139. The van der Waals surface area contributed by atoms with Gasteiger partial charge in [0.25, 0.3) is 0 Å². The molecule has 0 saturated carbocycles. The van der Waals surface area contributed by atoms with Crippen LogP contribution in [0.1, 0.15) is 6.92 Å². The summed E-state index contributed by atoms with van der Waals surface area (Å²) in [6.07, 6.45) is 6.55. The van der Waals surface area contributed by atoms with Gasteiger partial charge in [0, 0.05) is 18.5 Å². The Kier molecular flexibility index (Phi) is 7.63. The molecule has 1 aliphatic heterocycles. The largest absolute Gasteiger partial charge is 0.491 e. The first kappa shape index (κ1) is 20.3. The number of carbonyl (C=O) groups excluding carboxylic acids is 2. The van der Waals surface area contributed by atoms with Crippen LogP contribution in [0.3, 0.4) is 0 Å². The fourth-order valence-electron chi connectivity index (χ4n) is 2.43. The standard InChI is InChI=1S/C20H23NO6/c1-4-26-13-14-27-16-10-8-15(9-11-16)21-12-6-5-7-17(19(22)24-2)18(21)20(23)25-3/h5-12H,4,13-14H2,1-3H3. The monoisotopic (exact) mass is 373 g/mol. The Morgan fingerprint density at radius 2 is 1.67 bits per heavy atom. The average molecular weight is 373 g/mol. The fourth-order valence-corrected chi connectivity index (χ4v) is 2.43. The Labute approximate surface area is 158 Å². The van der Waals surface area contributed by atoms with Crippen molar-refractivity contribution in [2.75, 3.05) is 38.9 Å². The first-order chi connectivity index (χ1) is 13.1. The summed E-state index contributed by atoms with van der Waals surface area (Å²) in [6.45, 7) is 3.52. The number of anilines is 1. The number of ether oxygens (including phenoxy) is 4. The molecule has 1 heterocycles. The van der Waals surface area contributed by atoms with Crippen molar-refractivity contribution >= 4 is 17.6 Å². The SMILES string of the molecule is CCOCCOc1ccc(N2C=CC=CC(C(=O)OC)=C2C(=O)OC)cc1. The molecule has 7 nitrogen and oxygen atoms in total. The van der Waals surface area contributed by atoms with Gasteiger partial charge in [0.05, 0.1) is 26.4 Å². The third-order valence-corrected chi connectivity index (χ3v) is 3.70. The normalized spacial score (nSPS) is 13.4. The molecule has 2 rings (SSSR count). The van der Waals surface area contributed by atoms with Gasteiger partial charge in [-0.25, -0.2) is 9.59 Å². The molecule has 0 bridgehead atoms. The molecule has 0 unspecified atom stereocenters. The molecule has 0 atom stereocenters. The van der Waals surface area contributed by atoms with Crippen LogP contribution in [0.15, 0.2) is 60.0 Å². The minimum atomic E-state index is -0.649. The molecule has 1 aliphatic rings. The third-order valence-electron chi connectivity index (χ3n) is 3.70. The summed E-state index contributed by atoms with van der Waals surface area (Å²) in [7, 11) is 2.52. The zero-order valence-electron chi connectivity index (χ0n) is 15.6. The van der Waals surface area contributed by atoms with Crippen LogP contribution in [-0.2, 0) is 23.8 Å². The summed E-state index contributed by atoms with van der Waals surface area (Å²) in [4.78, 5) is 26.1. The second-order valence-corrected chi connectivity index (χ2v) is 5.36. The molecule has 0 saturated heterocycles. The molecule has 0 amide bonds. The fraction of sp³-hybridized carbons (Fsp3) is 0.300. The van der Waals surface area contributed by atoms with Gasteiger partial charge in [0.2, 0.25) is 0 Å². The quantitative estimate of drug-likeness (QED) is 0.512. The van der Waals surface area contributed by atoms with E-state index in [4.69, 9.17) is 18.9 Å². The summed E-state index contributed by atoms with van der Waals surface area (Å²) in [6, 6.07) is 7.12. The maximum Gasteiger partial charge on any atom is 0.355 e. The molecule has 0 aliphatic carbocycles. The van der Waals surface area contributed by atoms with Crippen LogP contribution in [0, 0.1) is 0 Å². The zero-order chi connectivity index (χ0) is 19.6. The molecule has 144 valence electrons. The molecule has 0 radical (unpaired) electrons. The molecule has 0 fully saturated rings. The van der Waals surface area contributed by atoms with E-state index in [0.717, 1.165) is 0 Å². The van der Waals surface area contributed by atoms with E-state index in [9.17, 15) is 9.59 Å². The second kappa shape index (κ2) is 10.2. The van der Waals surface area contributed by atoms with E-state index in [-0.39, 0.29) is 11.3 Å². The van der Waals surface area contributed by atoms with E-state index in [1.807, 2.05) is 6.92 Å². The number of rotatable bonds is 8. The van der Waals surface area contributed by atoms with Crippen molar-refractivity contribution in [3.63, 3.8) is 0 Å². The maximum atomic E-state index is 12.4. The van der Waals surface area contributed by atoms with Crippen LogP contribution >= 0.6 is 0 Å². The van der Waals surface area contributed by atoms with E-state index >= 15 is 0 Å². The van der Waals surface area contributed by atoms with Crippen molar-refractivity contribution in [3.05, 3.63) is 60.0 Å². The highest BCUT2D eigenvalue weighted by Crippen LogP contribution is 2.27. The number of hydrogen-bond acceptors (Lipinski definition) is 7. The van der Waals surface area contributed by atoms with Crippen LogP contribution in [0.2, 0.25) is 0 Å². The number of allylic oxidation sites excluding steroid dienone is 2. The number of carbonyl (C=O) groups is 2. The van der Waals surface area contributed by atoms with Gasteiger partial charge >= 0.3 is 11.9 Å². The van der Waals surface area contributed by atoms with Crippen molar-refractivity contribution in [2.45, 2.75) is 6.92 Å². The summed E-state index contributed by atoms with van der Waals surface area (Å²) in [5.74, 6) is -0.605. The van der Waals surface area contributed by atoms with Crippen molar-refractivity contribution in [3.8, 4) is 5.75 Å². The number of nitrogens with zero attached hydrogens (tertiary/aromatic N) is 1. The lowest BCUT2D eigenvalue weighted by Crippen LogP contribution is -2.26. The van der Waals surface area contributed by atoms with Gasteiger partial charge in [-0.15, -0.1) is 0 Å². The highest BCUT2D eigenvalue weighted by molar-refractivity contribution is 6.05. The lowest BCUT2D eigenvalue weighted by atomic mass is 10.1. The highest BCUT2D eigenvalue weighted by Gasteiger charge is 2.27. The first-order valence-electron chi connectivity index (χ1n) is 8.48. The van der Waals surface area contributed by atoms with E-state index < -0.39 is 11.9 Å². The Bertz CT molecular complexity index is 748. The van der Waals surface area contributed by atoms with Crippen LogP contribution in [0.4, 0.5) is 5.69 Å². The zero-order valence-corrected chi connectivity index (χ0v) is 15.6. The van der Waals surface area contributed by atoms with Crippen LogP contribution in [0.5, 0.6) is 5.75 Å². The molecule has 1 aromatic rings. The van der Waals surface area contributed by atoms with Gasteiger partial charge in [0.15, 0.2) is 0 Å². The molecule has 7 heteroatoms. The predicted molar refractivity (Wildman–Crippen MR) is 100 cm³/mol. The van der Waals surface area contributed by atoms with E-state index in [0.29, 0.717) is 31.3 Å². The van der Waals surface area contributed by atoms with Crippen LogP contribution in [0.25, 0.3) is 0 Å². The van der Waals surface area contributed by atoms with Gasteiger partial charge in [0.1, 0.15) is 18.1 Å². The van der Waals surface area contributed by atoms with E-state index in [1.54, 1.807) is 47.5 Å². The minimum absolute atomic E-state index is 0.0689. The highest BCUT2D eigenvalue weighted by atomic mass is 16.5. The summed E-state index contributed by atoms with van der Waals surface area (Å²) in [5.41, 5.74) is 0.833. The first-order valence-corrected chi connectivity index (χ1v) is 8.48. The lowest BCUT2D eigenvalue weighted by Gasteiger charge is -2.23. The van der Waals surface area contributed by atoms with Crippen molar-refractivity contribution < 1.29 is 28.5 Å². The molecular formula is C20H23NO6. The second-order valence-electron chi connectivity index (χ2n) is 5.36. The molecule has 0 aromatic heterocycles. The number of methoxy groups -OCH3 is 2. The minimum Gasteiger partial charge on any atom is -0.491 e. The average Bonchev–Trinajstić information content (AvgIpc) is 2.93. The van der Waals surface area contributed by atoms with E-state index in [2.05, 4.69) is 0 Å². The molecule has 0 N–H and O–H groups in total. The molecular weight excluding hydrogens is 350 g/mol. The Morgan fingerprint density at radius 3 is 2.30 bits per heavy atom. The van der Waals surface area contributed by atoms with Gasteiger partial charge < -0.3 is 23.8 Å². The smallest absolute Gasteiger partial charge is 0.355 e. The summed E-state index contributed by atoms with van der Waals surface area (Å²) >= 11 is 0. The Balaban J connectivity index is 2.31. The van der Waals surface area contributed by atoms with Crippen molar-refractivity contribution in [1.82, 2.24) is 0 Å². The summed E-state index contributed by atoms with van der Waals surface area (Å²) in [5, 5.41) is 0. The topological polar surface area (TPSA) is 74.3 Å². The summed E-state index contributed by atoms with van der Waals surface area (Å²) < 4.78 is 20.5. The van der Waals surface area contributed by atoms with Crippen molar-refractivity contribution in [2.24, 2.45) is 0 Å². The van der Waals surface area contributed by atoms with Gasteiger partial charge in [-0.05, 0) is 43.3 Å². The predicted octanol–water partition coefficient (Wildman–Crippen LogP) is 2.59. The third kappa shape index (κ3) is 5.21. The van der Waals surface area contributed by atoms with Gasteiger partial charge in [-0.3, -0.25) is 0 Å². The van der Waals surface area contributed by atoms with Gasteiger partial charge in [-0.2, -0.15) is 0 Å².